The first-order valence-corrected chi connectivity index (χ1v) is 6.27. The zero-order valence-electron chi connectivity index (χ0n) is 10.5. The van der Waals surface area contributed by atoms with Gasteiger partial charge in [0, 0.05) is 30.5 Å². The SMILES string of the molecule is Cc1cc(NCC2CCCCO2)ccc1[N+](=O)[O-]. The molecule has 0 aromatic heterocycles. The van der Waals surface area contributed by atoms with Crippen molar-refractivity contribution in [1.82, 2.24) is 0 Å². The number of ether oxygens (including phenoxy) is 1. The molecular formula is C13H18N2O3. The van der Waals surface area contributed by atoms with E-state index >= 15 is 0 Å². The molecule has 1 N–H and O–H groups in total. The Hall–Kier alpha value is -1.62. The number of aryl methyl sites for hydroxylation is 1. The van der Waals surface area contributed by atoms with Gasteiger partial charge in [0.15, 0.2) is 0 Å². The molecule has 0 saturated carbocycles. The fourth-order valence-corrected chi connectivity index (χ4v) is 2.17. The van der Waals surface area contributed by atoms with Crippen molar-refractivity contribution in [3.05, 3.63) is 33.9 Å². The molecule has 1 aliphatic rings. The number of nitro benzene ring substituents is 1. The van der Waals surface area contributed by atoms with Gasteiger partial charge in [0.2, 0.25) is 0 Å². The van der Waals surface area contributed by atoms with Crippen LogP contribution in [0.25, 0.3) is 0 Å². The first-order chi connectivity index (χ1) is 8.66. The fourth-order valence-electron chi connectivity index (χ4n) is 2.17. The first-order valence-electron chi connectivity index (χ1n) is 6.27. The molecule has 1 fully saturated rings. The van der Waals surface area contributed by atoms with Crippen molar-refractivity contribution in [2.45, 2.75) is 32.3 Å². The zero-order valence-corrected chi connectivity index (χ0v) is 10.5. The summed E-state index contributed by atoms with van der Waals surface area (Å²) >= 11 is 0. The smallest absolute Gasteiger partial charge is 0.272 e. The minimum atomic E-state index is -0.358. The van der Waals surface area contributed by atoms with E-state index in [9.17, 15) is 10.1 Å². The highest BCUT2D eigenvalue weighted by atomic mass is 16.6. The summed E-state index contributed by atoms with van der Waals surface area (Å²) in [4.78, 5) is 10.3. The van der Waals surface area contributed by atoms with Crippen LogP contribution in [0.15, 0.2) is 18.2 Å². The number of anilines is 1. The van der Waals surface area contributed by atoms with Gasteiger partial charge in [0.25, 0.3) is 5.69 Å². The third kappa shape index (κ3) is 3.20. The fraction of sp³-hybridized carbons (Fsp3) is 0.538. The molecule has 0 aliphatic carbocycles. The van der Waals surface area contributed by atoms with Crippen molar-refractivity contribution in [3.8, 4) is 0 Å². The molecule has 0 amide bonds. The van der Waals surface area contributed by atoms with Gasteiger partial charge in [-0.25, -0.2) is 0 Å². The Morgan fingerprint density at radius 3 is 2.94 bits per heavy atom. The molecular weight excluding hydrogens is 232 g/mol. The molecule has 1 unspecified atom stereocenters. The Morgan fingerprint density at radius 1 is 1.50 bits per heavy atom. The van der Waals surface area contributed by atoms with Crippen LogP contribution in [-0.4, -0.2) is 24.2 Å². The third-order valence-corrected chi connectivity index (χ3v) is 3.20. The van der Waals surface area contributed by atoms with E-state index in [0.29, 0.717) is 5.56 Å². The highest BCUT2D eigenvalue weighted by Crippen LogP contribution is 2.22. The van der Waals surface area contributed by atoms with Gasteiger partial charge in [-0.05, 0) is 38.3 Å². The Kier molecular flexibility index (Phi) is 4.15. The standard InChI is InChI=1S/C13H18N2O3/c1-10-8-11(5-6-13(10)15(16)17)14-9-12-4-2-3-7-18-12/h5-6,8,12,14H,2-4,7,9H2,1H3. The normalized spacial score (nSPS) is 19.5. The van der Waals surface area contributed by atoms with Crippen LogP contribution in [0.2, 0.25) is 0 Å². The van der Waals surface area contributed by atoms with E-state index < -0.39 is 0 Å². The van der Waals surface area contributed by atoms with Gasteiger partial charge < -0.3 is 10.1 Å². The lowest BCUT2D eigenvalue weighted by molar-refractivity contribution is -0.385. The topological polar surface area (TPSA) is 64.4 Å². The van der Waals surface area contributed by atoms with Crippen LogP contribution in [0, 0.1) is 17.0 Å². The van der Waals surface area contributed by atoms with Crippen molar-refractivity contribution in [2.24, 2.45) is 0 Å². The average Bonchev–Trinajstić information content (AvgIpc) is 2.37. The van der Waals surface area contributed by atoms with E-state index in [1.165, 1.54) is 6.42 Å². The van der Waals surface area contributed by atoms with E-state index in [1.807, 2.05) is 0 Å². The quantitative estimate of drug-likeness (QED) is 0.659. The predicted molar refractivity (Wildman–Crippen MR) is 69.9 cm³/mol. The molecule has 18 heavy (non-hydrogen) atoms. The van der Waals surface area contributed by atoms with E-state index in [0.717, 1.165) is 31.7 Å². The summed E-state index contributed by atoms with van der Waals surface area (Å²) in [5.74, 6) is 0. The Balaban J connectivity index is 1.93. The lowest BCUT2D eigenvalue weighted by Crippen LogP contribution is -2.26. The largest absolute Gasteiger partial charge is 0.382 e. The molecule has 0 bridgehead atoms. The molecule has 1 aromatic carbocycles. The van der Waals surface area contributed by atoms with Gasteiger partial charge in [-0.3, -0.25) is 10.1 Å². The minimum absolute atomic E-state index is 0.162. The number of nitrogens with one attached hydrogen (secondary N) is 1. The molecule has 0 radical (unpaired) electrons. The number of rotatable bonds is 4. The van der Waals surface area contributed by atoms with Crippen LogP contribution >= 0.6 is 0 Å². The molecule has 1 atom stereocenters. The second kappa shape index (κ2) is 5.82. The van der Waals surface area contributed by atoms with Gasteiger partial charge in [-0.1, -0.05) is 0 Å². The van der Waals surface area contributed by atoms with Crippen LogP contribution < -0.4 is 5.32 Å². The highest BCUT2D eigenvalue weighted by Gasteiger charge is 2.14. The molecule has 5 nitrogen and oxygen atoms in total. The maximum Gasteiger partial charge on any atom is 0.272 e. The van der Waals surface area contributed by atoms with E-state index in [2.05, 4.69) is 5.32 Å². The highest BCUT2D eigenvalue weighted by molar-refractivity contribution is 5.53. The third-order valence-electron chi connectivity index (χ3n) is 3.20. The Bertz CT molecular complexity index is 428. The van der Waals surface area contributed by atoms with Crippen LogP contribution in [-0.2, 0) is 4.74 Å². The van der Waals surface area contributed by atoms with E-state index in [4.69, 9.17) is 4.74 Å². The van der Waals surface area contributed by atoms with Crippen LogP contribution in [0.1, 0.15) is 24.8 Å². The molecule has 0 spiro atoms. The van der Waals surface area contributed by atoms with Gasteiger partial charge in [0.05, 0.1) is 11.0 Å². The van der Waals surface area contributed by atoms with Crippen molar-refractivity contribution in [2.75, 3.05) is 18.5 Å². The summed E-state index contributed by atoms with van der Waals surface area (Å²) in [6, 6.07) is 5.09. The Labute approximate surface area is 106 Å². The maximum atomic E-state index is 10.7. The second-order valence-electron chi connectivity index (χ2n) is 4.63. The van der Waals surface area contributed by atoms with Crippen molar-refractivity contribution in [3.63, 3.8) is 0 Å². The second-order valence-corrected chi connectivity index (χ2v) is 4.63. The summed E-state index contributed by atoms with van der Waals surface area (Å²) in [6.45, 7) is 3.35. The lowest BCUT2D eigenvalue weighted by Gasteiger charge is -2.23. The van der Waals surface area contributed by atoms with Crippen molar-refractivity contribution >= 4 is 11.4 Å². The van der Waals surface area contributed by atoms with E-state index in [-0.39, 0.29) is 16.7 Å². The molecule has 98 valence electrons. The summed E-state index contributed by atoms with van der Waals surface area (Å²) in [6.07, 6.45) is 3.70. The molecule has 5 heteroatoms. The summed E-state index contributed by atoms with van der Waals surface area (Å²) in [5.41, 5.74) is 1.75. The van der Waals surface area contributed by atoms with Crippen LogP contribution in [0.4, 0.5) is 11.4 Å². The average molecular weight is 250 g/mol. The first kappa shape index (κ1) is 12.8. The zero-order chi connectivity index (χ0) is 13.0. The van der Waals surface area contributed by atoms with Gasteiger partial charge in [-0.15, -0.1) is 0 Å². The number of hydrogen-bond acceptors (Lipinski definition) is 4. The van der Waals surface area contributed by atoms with Crippen molar-refractivity contribution < 1.29 is 9.66 Å². The monoisotopic (exact) mass is 250 g/mol. The Morgan fingerprint density at radius 2 is 2.33 bits per heavy atom. The molecule has 1 saturated heterocycles. The van der Waals surface area contributed by atoms with Gasteiger partial charge in [0.1, 0.15) is 0 Å². The lowest BCUT2D eigenvalue weighted by atomic mass is 10.1. The van der Waals surface area contributed by atoms with E-state index in [1.54, 1.807) is 25.1 Å². The maximum absolute atomic E-state index is 10.7. The number of benzene rings is 1. The molecule has 2 rings (SSSR count). The minimum Gasteiger partial charge on any atom is -0.382 e. The summed E-state index contributed by atoms with van der Waals surface area (Å²) in [5, 5.41) is 14.0. The van der Waals surface area contributed by atoms with Crippen LogP contribution in [0.5, 0.6) is 0 Å². The number of nitro groups is 1. The summed E-state index contributed by atoms with van der Waals surface area (Å²) < 4.78 is 5.62. The molecule has 1 aliphatic heterocycles. The molecule has 1 heterocycles. The van der Waals surface area contributed by atoms with Crippen LogP contribution in [0.3, 0.4) is 0 Å². The van der Waals surface area contributed by atoms with Gasteiger partial charge >= 0.3 is 0 Å². The number of nitrogens with zero attached hydrogens (tertiary/aromatic N) is 1. The predicted octanol–water partition coefficient (Wildman–Crippen LogP) is 2.88. The van der Waals surface area contributed by atoms with Gasteiger partial charge in [-0.2, -0.15) is 0 Å². The summed E-state index contributed by atoms with van der Waals surface area (Å²) in [7, 11) is 0. The number of hydrogen-bond donors (Lipinski definition) is 1. The molecule has 1 aromatic rings. The van der Waals surface area contributed by atoms with Crippen molar-refractivity contribution in [1.29, 1.82) is 0 Å².